The lowest BCUT2D eigenvalue weighted by Gasteiger charge is -2.07. The van der Waals surface area contributed by atoms with E-state index in [9.17, 15) is 5.26 Å². The smallest absolute Gasteiger partial charge is 0.130 e. The Kier molecular flexibility index (Phi) is 3.28. The van der Waals surface area contributed by atoms with Gasteiger partial charge in [-0.15, -0.1) is 0 Å². The van der Waals surface area contributed by atoms with Crippen LogP contribution in [-0.4, -0.2) is 9.97 Å². The minimum atomic E-state index is -0.418. The van der Waals surface area contributed by atoms with E-state index < -0.39 is 5.92 Å². The molecule has 4 heteroatoms. The van der Waals surface area contributed by atoms with E-state index in [0.717, 1.165) is 10.3 Å². The Morgan fingerprint density at radius 2 is 1.94 bits per heavy atom. The molecule has 0 amide bonds. The van der Waals surface area contributed by atoms with Gasteiger partial charge in [0, 0.05) is 6.20 Å². The molecule has 0 aliphatic carbocycles. The summed E-state index contributed by atoms with van der Waals surface area (Å²) in [7, 11) is 0. The van der Waals surface area contributed by atoms with Gasteiger partial charge in [0.2, 0.25) is 0 Å². The van der Waals surface area contributed by atoms with Gasteiger partial charge < -0.3 is 0 Å². The molecule has 1 atom stereocenters. The van der Waals surface area contributed by atoms with Crippen molar-refractivity contribution in [2.75, 3.05) is 0 Å². The summed E-state index contributed by atoms with van der Waals surface area (Å²) in [4.78, 5) is 8.45. The summed E-state index contributed by atoms with van der Waals surface area (Å²) in [6.07, 6.45) is 1.68. The van der Waals surface area contributed by atoms with Gasteiger partial charge in [0.25, 0.3) is 0 Å². The molecule has 0 saturated heterocycles. The zero-order chi connectivity index (χ0) is 11.4. The first-order chi connectivity index (χ1) is 7.81. The lowest BCUT2D eigenvalue weighted by atomic mass is 10.0. The molecule has 3 nitrogen and oxygen atoms in total. The van der Waals surface area contributed by atoms with E-state index in [2.05, 4.69) is 32.0 Å². The average molecular weight is 274 g/mol. The van der Waals surface area contributed by atoms with Gasteiger partial charge in [0.05, 0.1) is 17.5 Å². The Morgan fingerprint density at radius 1 is 1.12 bits per heavy atom. The summed E-state index contributed by atoms with van der Waals surface area (Å²) in [5.74, 6) is -0.418. The Morgan fingerprint density at radius 3 is 2.56 bits per heavy atom. The average Bonchev–Trinajstić information content (AvgIpc) is 2.31. The zero-order valence-electron chi connectivity index (χ0n) is 8.34. The molecular weight excluding hydrogens is 266 g/mol. The third kappa shape index (κ3) is 2.26. The zero-order valence-corrected chi connectivity index (χ0v) is 9.92. The molecule has 0 spiro atoms. The number of nitrogens with zero attached hydrogens (tertiary/aromatic N) is 3. The minimum absolute atomic E-state index is 0.418. The summed E-state index contributed by atoms with van der Waals surface area (Å²) in [6, 6.07) is 13.3. The van der Waals surface area contributed by atoms with Crippen molar-refractivity contribution in [1.82, 2.24) is 9.97 Å². The Balaban J connectivity index is 2.42. The molecule has 2 aromatic heterocycles. The largest absolute Gasteiger partial charge is 0.259 e. The van der Waals surface area contributed by atoms with Crippen LogP contribution >= 0.6 is 15.9 Å². The molecule has 0 bridgehead atoms. The first kappa shape index (κ1) is 10.8. The van der Waals surface area contributed by atoms with Crippen LogP contribution in [0.2, 0.25) is 0 Å². The van der Waals surface area contributed by atoms with Crippen LogP contribution in [0.15, 0.2) is 47.2 Å². The maximum atomic E-state index is 9.18. The summed E-state index contributed by atoms with van der Waals surface area (Å²) in [5, 5.41) is 9.18. The standard InChI is InChI=1S/C12H8BrN3/c13-12-6-3-5-11(16-12)9(8-14)10-4-1-2-7-15-10/h1-7,9H. The molecule has 0 aromatic carbocycles. The molecule has 1 unspecified atom stereocenters. The molecular formula is C12H8BrN3. The topological polar surface area (TPSA) is 49.6 Å². The van der Waals surface area contributed by atoms with Crippen molar-refractivity contribution >= 4 is 15.9 Å². The van der Waals surface area contributed by atoms with E-state index in [4.69, 9.17) is 0 Å². The Hall–Kier alpha value is -1.73. The van der Waals surface area contributed by atoms with E-state index in [1.807, 2.05) is 36.4 Å². The number of halogens is 1. The predicted molar refractivity (Wildman–Crippen MR) is 63.6 cm³/mol. The highest BCUT2D eigenvalue weighted by Crippen LogP contribution is 2.21. The monoisotopic (exact) mass is 273 g/mol. The van der Waals surface area contributed by atoms with Crippen molar-refractivity contribution in [2.24, 2.45) is 0 Å². The fourth-order valence-corrected chi connectivity index (χ4v) is 1.77. The lowest BCUT2D eigenvalue weighted by molar-refractivity contribution is 0.911. The van der Waals surface area contributed by atoms with Gasteiger partial charge in [-0.2, -0.15) is 5.26 Å². The van der Waals surface area contributed by atoms with Crippen LogP contribution < -0.4 is 0 Å². The van der Waals surface area contributed by atoms with Crippen LogP contribution in [0.1, 0.15) is 17.3 Å². The van der Waals surface area contributed by atoms with Crippen molar-refractivity contribution in [2.45, 2.75) is 5.92 Å². The first-order valence-corrected chi connectivity index (χ1v) is 5.53. The fourth-order valence-electron chi connectivity index (χ4n) is 1.42. The molecule has 0 aliphatic heterocycles. The van der Waals surface area contributed by atoms with Crippen molar-refractivity contribution in [3.05, 3.63) is 58.6 Å². The third-order valence-corrected chi connectivity index (χ3v) is 2.59. The summed E-state index contributed by atoms with van der Waals surface area (Å²) >= 11 is 3.29. The van der Waals surface area contributed by atoms with Crippen LogP contribution in [-0.2, 0) is 0 Å². The molecule has 16 heavy (non-hydrogen) atoms. The van der Waals surface area contributed by atoms with Crippen LogP contribution in [0, 0.1) is 11.3 Å². The number of hydrogen-bond acceptors (Lipinski definition) is 3. The molecule has 0 N–H and O–H groups in total. The highest BCUT2D eigenvalue weighted by molar-refractivity contribution is 9.10. The molecule has 2 heterocycles. The molecule has 0 aliphatic rings. The van der Waals surface area contributed by atoms with Gasteiger partial charge in [-0.3, -0.25) is 4.98 Å². The quantitative estimate of drug-likeness (QED) is 0.791. The number of hydrogen-bond donors (Lipinski definition) is 0. The molecule has 0 radical (unpaired) electrons. The molecule has 2 rings (SSSR count). The van der Waals surface area contributed by atoms with Gasteiger partial charge in [-0.05, 0) is 40.2 Å². The maximum absolute atomic E-state index is 9.18. The summed E-state index contributed by atoms with van der Waals surface area (Å²) < 4.78 is 0.723. The predicted octanol–water partition coefficient (Wildman–Crippen LogP) is 2.89. The highest BCUT2D eigenvalue weighted by atomic mass is 79.9. The Labute approximate surface area is 102 Å². The van der Waals surface area contributed by atoms with Crippen LogP contribution in [0.5, 0.6) is 0 Å². The second kappa shape index (κ2) is 4.86. The number of nitriles is 1. The lowest BCUT2D eigenvalue weighted by Crippen LogP contribution is -2.02. The van der Waals surface area contributed by atoms with Crippen molar-refractivity contribution in [3.8, 4) is 6.07 Å². The molecule has 78 valence electrons. The van der Waals surface area contributed by atoms with Gasteiger partial charge in [0.15, 0.2) is 0 Å². The number of pyridine rings is 2. The summed E-state index contributed by atoms with van der Waals surface area (Å²) in [5.41, 5.74) is 1.42. The van der Waals surface area contributed by atoms with E-state index >= 15 is 0 Å². The molecule has 0 fully saturated rings. The second-order valence-corrected chi connectivity index (χ2v) is 4.01. The fraction of sp³-hybridized carbons (Fsp3) is 0.0833. The van der Waals surface area contributed by atoms with Gasteiger partial charge >= 0.3 is 0 Å². The van der Waals surface area contributed by atoms with E-state index in [0.29, 0.717) is 5.69 Å². The Bertz CT molecular complexity index is 519. The highest BCUT2D eigenvalue weighted by Gasteiger charge is 2.15. The van der Waals surface area contributed by atoms with Gasteiger partial charge in [-0.25, -0.2) is 4.98 Å². The maximum Gasteiger partial charge on any atom is 0.130 e. The van der Waals surface area contributed by atoms with Crippen molar-refractivity contribution in [3.63, 3.8) is 0 Å². The number of rotatable bonds is 2. The van der Waals surface area contributed by atoms with Crippen molar-refractivity contribution < 1.29 is 0 Å². The van der Waals surface area contributed by atoms with E-state index in [-0.39, 0.29) is 0 Å². The van der Waals surface area contributed by atoms with Crippen molar-refractivity contribution in [1.29, 1.82) is 5.26 Å². The number of aromatic nitrogens is 2. The molecule has 0 saturated carbocycles. The van der Waals surface area contributed by atoms with Crippen LogP contribution in [0.3, 0.4) is 0 Å². The van der Waals surface area contributed by atoms with E-state index in [1.54, 1.807) is 6.20 Å². The van der Waals surface area contributed by atoms with Crippen LogP contribution in [0.4, 0.5) is 0 Å². The van der Waals surface area contributed by atoms with Gasteiger partial charge in [-0.1, -0.05) is 12.1 Å². The second-order valence-electron chi connectivity index (χ2n) is 3.20. The molecule has 2 aromatic rings. The van der Waals surface area contributed by atoms with Crippen LogP contribution in [0.25, 0.3) is 0 Å². The first-order valence-electron chi connectivity index (χ1n) is 4.74. The normalized spacial score (nSPS) is 11.8. The summed E-state index contributed by atoms with van der Waals surface area (Å²) in [6.45, 7) is 0. The SMILES string of the molecule is N#CC(c1ccccn1)c1cccc(Br)n1. The van der Waals surface area contributed by atoms with Gasteiger partial charge in [0.1, 0.15) is 10.5 Å². The minimum Gasteiger partial charge on any atom is -0.259 e. The van der Waals surface area contributed by atoms with E-state index in [1.165, 1.54) is 0 Å². The third-order valence-electron chi connectivity index (χ3n) is 2.15.